The van der Waals surface area contributed by atoms with Crippen LogP contribution in [0, 0.1) is 18.3 Å². The molecule has 0 aliphatic rings. The average molecular weight is 205 g/mol. The second kappa shape index (κ2) is 3.33. The molecule has 0 radical (unpaired) electrons. The van der Waals surface area contributed by atoms with Gasteiger partial charge in [-0.1, -0.05) is 0 Å². The topological polar surface area (TPSA) is 23.8 Å². The third kappa shape index (κ3) is 1.51. The summed E-state index contributed by atoms with van der Waals surface area (Å²) in [6.45, 7) is 2.08. The summed E-state index contributed by atoms with van der Waals surface area (Å²) in [6.07, 6.45) is 0. The zero-order valence-corrected chi connectivity index (χ0v) is 8.71. The molecule has 0 spiro atoms. The van der Waals surface area contributed by atoms with E-state index in [-0.39, 0.29) is 0 Å². The number of rotatable bonds is 1. The van der Waals surface area contributed by atoms with Crippen molar-refractivity contribution >= 4 is 22.7 Å². The van der Waals surface area contributed by atoms with Crippen molar-refractivity contribution in [3.05, 3.63) is 33.3 Å². The average Bonchev–Trinajstić information content (AvgIpc) is 2.71. The molecule has 0 N–H and O–H groups in total. The van der Waals surface area contributed by atoms with Crippen LogP contribution in [-0.4, -0.2) is 0 Å². The van der Waals surface area contributed by atoms with Crippen LogP contribution in [0.3, 0.4) is 0 Å². The first kappa shape index (κ1) is 8.49. The van der Waals surface area contributed by atoms with E-state index < -0.39 is 0 Å². The largest absolute Gasteiger partial charge is 0.192 e. The van der Waals surface area contributed by atoms with Gasteiger partial charge in [0.1, 0.15) is 10.9 Å². The highest BCUT2D eigenvalue weighted by Crippen LogP contribution is 2.32. The fraction of sp³-hybridized carbons (Fsp3) is 0.100. The molecule has 0 atom stereocenters. The quantitative estimate of drug-likeness (QED) is 0.697. The third-order valence-corrected chi connectivity index (χ3v) is 3.63. The number of thiophene rings is 2. The second-order valence-electron chi connectivity index (χ2n) is 2.69. The maximum absolute atomic E-state index is 8.84. The lowest BCUT2D eigenvalue weighted by molar-refractivity contribution is 1.52. The minimum atomic E-state index is 0.807. The maximum Gasteiger partial charge on any atom is 0.113 e. The molecule has 0 amide bonds. The van der Waals surface area contributed by atoms with Gasteiger partial charge in [0, 0.05) is 15.3 Å². The van der Waals surface area contributed by atoms with E-state index >= 15 is 0 Å². The smallest absolute Gasteiger partial charge is 0.113 e. The van der Waals surface area contributed by atoms with E-state index in [1.165, 1.54) is 21.1 Å². The first-order valence-electron chi connectivity index (χ1n) is 3.85. The molecule has 3 heteroatoms. The Morgan fingerprint density at radius 3 is 2.77 bits per heavy atom. The highest BCUT2D eigenvalue weighted by atomic mass is 32.1. The predicted molar refractivity (Wildman–Crippen MR) is 57.1 cm³/mol. The Balaban J connectivity index is 2.53. The molecule has 64 valence electrons. The first-order chi connectivity index (χ1) is 6.31. The molecule has 0 saturated carbocycles. The number of nitrogens with zero attached hydrogens (tertiary/aromatic N) is 1. The van der Waals surface area contributed by atoms with Gasteiger partial charge in [0.2, 0.25) is 0 Å². The molecule has 0 fully saturated rings. The Morgan fingerprint density at radius 2 is 2.15 bits per heavy atom. The van der Waals surface area contributed by atoms with Gasteiger partial charge in [-0.2, -0.15) is 5.26 Å². The van der Waals surface area contributed by atoms with Crippen molar-refractivity contribution in [2.24, 2.45) is 0 Å². The van der Waals surface area contributed by atoms with Gasteiger partial charge in [-0.3, -0.25) is 0 Å². The van der Waals surface area contributed by atoms with Gasteiger partial charge in [0.25, 0.3) is 0 Å². The summed E-state index contributed by atoms with van der Waals surface area (Å²) in [6, 6.07) is 8.37. The van der Waals surface area contributed by atoms with Crippen molar-refractivity contribution in [2.45, 2.75) is 6.92 Å². The minimum absolute atomic E-state index is 0.807. The second-order valence-corrected chi connectivity index (χ2v) is 4.89. The lowest BCUT2D eigenvalue weighted by Crippen LogP contribution is -1.69. The van der Waals surface area contributed by atoms with Crippen LogP contribution in [0.4, 0.5) is 0 Å². The van der Waals surface area contributed by atoms with Crippen molar-refractivity contribution in [3.63, 3.8) is 0 Å². The van der Waals surface area contributed by atoms with Gasteiger partial charge in [-0.25, -0.2) is 0 Å². The Kier molecular flexibility index (Phi) is 2.17. The lowest BCUT2D eigenvalue weighted by atomic mass is 10.2. The zero-order valence-electron chi connectivity index (χ0n) is 7.07. The minimum Gasteiger partial charge on any atom is -0.192 e. The van der Waals surface area contributed by atoms with Gasteiger partial charge < -0.3 is 0 Å². The van der Waals surface area contributed by atoms with Crippen molar-refractivity contribution in [3.8, 4) is 16.5 Å². The van der Waals surface area contributed by atoms with E-state index in [1.54, 1.807) is 11.3 Å². The van der Waals surface area contributed by atoms with Crippen LogP contribution in [0.1, 0.15) is 9.75 Å². The van der Waals surface area contributed by atoms with E-state index in [0.29, 0.717) is 0 Å². The number of hydrogen-bond acceptors (Lipinski definition) is 3. The molecule has 2 aromatic rings. The standard InChI is InChI=1S/C10H7NS2/c1-7-2-3-9(13-7)8-4-5-12-10(8)6-11/h2-5H,1H3. The van der Waals surface area contributed by atoms with Crippen LogP contribution in [0.15, 0.2) is 23.6 Å². The zero-order chi connectivity index (χ0) is 9.26. The molecule has 0 aliphatic heterocycles. The number of nitriles is 1. The van der Waals surface area contributed by atoms with Crippen LogP contribution in [0.25, 0.3) is 10.4 Å². The van der Waals surface area contributed by atoms with E-state index in [0.717, 1.165) is 10.4 Å². The molecule has 1 nitrogen and oxygen atoms in total. The van der Waals surface area contributed by atoms with Gasteiger partial charge >= 0.3 is 0 Å². The fourth-order valence-electron chi connectivity index (χ4n) is 1.17. The molecule has 13 heavy (non-hydrogen) atoms. The number of hydrogen-bond donors (Lipinski definition) is 0. The normalized spacial score (nSPS) is 9.85. The van der Waals surface area contributed by atoms with Gasteiger partial charge in [0.15, 0.2) is 0 Å². The Morgan fingerprint density at radius 1 is 1.31 bits per heavy atom. The molecule has 0 aromatic carbocycles. The Labute approximate surface area is 84.9 Å². The predicted octanol–water partition coefficient (Wildman–Crippen LogP) is 3.66. The summed E-state index contributed by atoms with van der Waals surface area (Å²) in [5, 5.41) is 10.8. The van der Waals surface area contributed by atoms with E-state index in [9.17, 15) is 0 Å². The summed E-state index contributed by atoms with van der Waals surface area (Å²) in [5.74, 6) is 0. The van der Waals surface area contributed by atoms with Crippen molar-refractivity contribution in [1.29, 1.82) is 5.26 Å². The molecular formula is C10H7NS2. The Bertz CT molecular complexity index is 459. The van der Waals surface area contributed by atoms with Crippen LogP contribution >= 0.6 is 22.7 Å². The van der Waals surface area contributed by atoms with Crippen LogP contribution in [0.5, 0.6) is 0 Å². The SMILES string of the molecule is Cc1ccc(-c2ccsc2C#N)s1. The number of aryl methyl sites for hydroxylation is 1. The molecule has 2 rings (SSSR count). The van der Waals surface area contributed by atoms with Crippen LogP contribution in [0.2, 0.25) is 0 Å². The van der Waals surface area contributed by atoms with E-state index in [1.807, 2.05) is 11.4 Å². The fourth-order valence-corrected chi connectivity index (χ4v) is 2.83. The maximum atomic E-state index is 8.84. The molecule has 0 bridgehead atoms. The molecule has 0 saturated heterocycles. The third-order valence-electron chi connectivity index (χ3n) is 1.77. The van der Waals surface area contributed by atoms with Crippen molar-refractivity contribution in [2.75, 3.05) is 0 Å². The highest BCUT2D eigenvalue weighted by Gasteiger charge is 2.07. The summed E-state index contributed by atoms with van der Waals surface area (Å²) in [5.41, 5.74) is 1.07. The summed E-state index contributed by atoms with van der Waals surface area (Å²) < 4.78 is 0. The van der Waals surface area contributed by atoms with Gasteiger partial charge in [-0.15, -0.1) is 22.7 Å². The van der Waals surface area contributed by atoms with E-state index in [4.69, 9.17) is 5.26 Å². The van der Waals surface area contributed by atoms with Crippen molar-refractivity contribution < 1.29 is 0 Å². The van der Waals surface area contributed by atoms with Gasteiger partial charge in [0.05, 0.1) is 0 Å². The molecule has 2 aromatic heterocycles. The van der Waals surface area contributed by atoms with Gasteiger partial charge in [-0.05, 0) is 30.5 Å². The first-order valence-corrected chi connectivity index (χ1v) is 5.55. The summed E-state index contributed by atoms with van der Waals surface area (Å²) in [7, 11) is 0. The molecule has 2 heterocycles. The molecular weight excluding hydrogens is 198 g/mol. The monoisotopic (exact) mass is 205 g/mol. The summed E-state index contributed by atoms with van der Waals surface area (Å²) in [4.78, 5) is 3.28. The summed E-state index contributed by atoms with van der Waals surface area (Å²) >= 11 is 3.23. The molecule has 0 aliphatic carbocycles. The van der Waals surface area contributed by atoms with Crippen LogP contribution in [-0.2, 0) is 0 Å². The van der Waals surface area contributed by atoms with Crippen molar-refractivity contribution in [1.82, 2.24) is 0 Å². The lowest BCUT2D eigenvalue weighted by Gasteiger charge is -1.90. The van der Waals surface area contributed by atoms with E-state index in [2.05, 4.69) is 25.1 Å². The molecule has 0 unspecified atom stereocenters. The highest BCUT2D eigenvalue weighted by molar-refractivity contribution is 7.16. The van der Waals surface area contributed by atoms with Crippen LogP contribution < -0.4 is 0 Å². The Hall–Kier alpha value is -1.11.